The van der Waals surface area contributed by atoms with Crippen LogP contribution in [-0.2, 0) is 27.4 Å². The molecule has 3 rings (SSSR count). The number of para-hydroxylation sites is 1. The van der Waals surface area contributed by atoms with Crippen molar-refractivity contribution in [2.45, 2.75) is 32.6 Å². The number of benzene rings is 2. The molecule has 0 saturated carbocycles. The summed E-state index contributed by atoms with van der Waals surface area (Å²) in [5.74, 6) is -0.989. The molecule has 0 bridgehead atoms. The van der Waals surface area contributed by atoms with E-state index in [9.17, 15) is 4.79 Å². The van der Waals surface area contributed by atoms with Crippen molar-refractivity contribution in [1.29, 1.82) is 0 Å². The number of fused-ring (bicyclic) bond motifs is 1. The molecule has 142 valence electrons. The number of carbonyl (C=O) groups is 1. The molecule has 1 N–H and O–H groups in total. The van der Waals surface area contributed by atoms with Crippen LogP contribution in [0.4, 0.5) is 0 Å². The number of carboxylic acids is 1. The van der Waals surface area contributed by atoms with Crippen LogP contribution in [0.15, 0.2) is 54.6 Å². The molecule has 0 unspecified atom stereocenters. The van der Waals surface area contributed by atoms with Crippen LogP contribution in [0, 0.1) is 0 Å². The van der Waals surface area contributed by atoms with Gasteiger partial charge in [0.15, 0.2) is 0 Å². The van der Waals surface area contributed by atoms with Gasteiger partial charge in [-0.3, -0.25) is 4.68 Å². The molecule has 0 aliphatic carbocycles. The molecule has 27 heavy (non-hydrogen) atoms. The van der Waals surface area contributed by atoms with Gasteiger partial charge in [-0.25, -0.2) is 4.79 Å². The highest BCUT2D eigenvalue weighted by Crippen LogP contribution is 2.22. The Labute approximate surface area is 158 Å². The first-order chi connectivity index (χ1) is 12.9. The third-order valence-corrected chi connectivity index (χ3v) is 4.18. The van der Waals surface area contributed by atoms with Gasteiger partial charge in [-0.1, -0.05) is 48.5 Å². The van der Waals surface area contributed by atoms with E-state index in [1.807, 2.05) is 54.9 Å². The first-order valence-electron chi connectivity index (χ1n) is 8.86. The molecule has 0 fully saturated rings. The standard InChI is InChI=1S/C21H24N2O4/c1-21(2,15-26-14-20(24)25)27-13-18-17-10-6-7-11-19(17)23(22-18)12-16-8-4-3-5-9-16/h3-11H,12-15H2,1-2H3,(H,24,25). The highest BCUT2D eigenvalue weighted by molar-refractivity contribution is 5.81. The Morgan fingerprint density at radius 1 is 1.11 bits per heavy atom. The smallest absolute Gasteiger partial charge is 0.329 e. The Morgan fingerprint density at radius 2 is 1.81 bits per heavy atom. The zero-order chi connectivity index (χ0) is 19.3. The van der Waals surface area contributed by atoms with Gasteiger partial charge in [-0.05, 0) is 25.5 Å². The molecule has 0 amide bonds. The van der Waals surface area contributed by atoms with E-state index in [1.54, 1.807) is 0 Å². The van der Waals surface area contributed by atoms with Crippen molar-refractivity contribution in [2.75, 3.05) is 13.2 Å². The summed E-state index contributed by atoms with van der Waals surface area (Å²) in [6, 6.07) is 18.3. The van der Waals surface area contributed by atoms with Gasteiger partial charge in [0.1, 0.15) is 6.61 Å². The van der Waals surface area contributed by atoms with Crippen LogP contribution in [0.5, 0.6) is 0 Å². The third kappa shape index (κ3) is 5.15. The lowest BCUT2D eigenvalue weighted by atomic mass is 10.1. The lowest BCUT2D eigenvalue weighted by Crippen LogP contribution is -2.31. The van der Waals surface area contributed by atoms with Gasteiger partial charge in [0.2, 0.25) is 0 Å². The third-order valence-electron chi connectivity index (χ3n) is 4.18. The Kier molecular flexibility index (Phi) is 5.88. The van der Waals surface area contributed by atoms with E-state index in [-0.39, 0.29) is 13.2 Å². The van der Waals surface area contributed by atoms with Crippen molar-refractivity contribution in [2.24, 2.45) is 0 Å². The van der Waals surface area contributed by atoms with Crippen LogP contribution >= 0.6 is 0 Å². The van der Waals surface area contributed by atoms with Crippen molar-refractivity contribution in [3.63, 3.8) is 0 Å². The summed E-state index contributed by atoms with van der Waals surface area (Å²) in [5.41, 5.74) is 2.48. The van der Waals surface area contributed by atoms with E-state index in [1.165, 1.54) is 5.56 Å². The second-order valence-electron chi connectivity index (χ2n) is 7.04. The highest BCUT2D eigenvalue weighted by atomic mass is 16.5. The second-order valence-corrected chi connectivity index (χ2v) is 7.04. The van der Waals surface area contributed by atoms with Gasteiger partial charge in [0.05, 0.1) is 36.6 Å². The monoisotopic (exact) mass is 368 g/mol. The highest BCUT2D eigenvalue weighted by Gasteiger charge is 2.21. The summed E-state index contributed by atoms with van der Waals surface area (Å²) >= 11 is 0. The first kappa shape index (κ1) is 19.1. The minimum atomic E-state index is -0.989. The molecule has 3 aromatic rings. The number of hydrogen-bond acceptors (Lipinski definition) is 4. The van der Waals surface area contributed by atoms with Crippen molar-refractivity contribution in [3.05, 3.63) is 65.9 Å². The van der Waals surface area contributed by atoms with E-state index in [4.69, 9.17) is 19.7 Å². The molecule has 2 aromatic carbocycles. The van der Waals surface area contributed by atoms with Gasteiger partial charge in [-0.2, -0.15) is 5.10 Å². The van der Waals surface area contributed by atoms with Crippen LogP contribution < -0.4 is 0 Å². The average Bonchev–Trinajstić information content (AvgIpc) is 2.98. The summed E-state index contributed by atoms with van der Waals surface area (Å²) in [4.78, 5) is 10.6. The minimum Gasteiger partial charge on any atom is -0.480 e. The number of rotatable bonds is 9. The van der Waals surface area contributed by atoms with E-state index in [2.05, 4.69) is 18.2 Å². The number of carboxylic acid groups (broad SMARTS) is 1. The van der Waals surface area contributed by atoms with Crippen molar-refractivity contribution in [3.8, 4) is 0 Å². The Hall–Kier alpha value is -2.70. The fraction of sp³-hybridized carbons (Fsp3) is 0.333. The Balaban J connectivity index is 1.74. The number of aromatic nitrogens is 2. The predicted molar refractivity (Wildman–Crippen MR) is 103 cm³/mol. The maximum Gasteiger partial charge on any atom is 0.329 e. The lowest BCUT2D eigenvalue weighted by molar-refractivity contribution is -0.146. The summed E-state index contributed by atoms with van der Waals surface area (Å²) in [5, 5.41) is 14.5. The summed E-state index contributed by atoms with van der Waals surface area (Å²) in [7, 11) is 0. The predicted octanol–water partition coefficient (Wildman–Crippen LogP) is 3.48. The van der Waals surface area contributed by atoms with Crippen molar-refractivity contribution >= 4 is 16.9 Å². The number of hydrogen-bond donors (Lipinski definition) is 1. The number of ether oxygens (including phenoxy) is 2. The maximum atomic E-state index is 10.6. The van der Waals surface area contributed by atoms with Crippen LogP contribution in [-0.4, -0.2) is 39.7 Å². The fourth-order valence-electron chi connectivity index (χ4n) is 2.87. The van der Waals surface area contributed by atoms with Crippen LogP contribution in [0.25, 0.3) is 10.9 Å². The van der Waals surface area contributed by atoms with Crippen LogP contribution in [0.3, 0.4) is 0 Å². The first-order valence-corrected chi connectivity index (χ1v) is 8.86. The molecule has 0 aliphatic heterocycles. The van der Waals surface area contributed by atoms with Gasteiger partial charge < -0.3 is 14.6 Å². The van der Waals surface area contributed by atoms with E-state index >= 15 is 0 Å². The zero-order valence-electron chi connectivity index (χ0n) is 15.6. The molecule has 1 aromatic heterocycles. The van der Waals surface area contributed by atoms with E-state index < -0.39 is 11.6 Å². The molecule has 0 radical (unpaired) electrons. The summed E-state index contributed by atoms with van der Waals surface area (Å²) < 4.78 is 13.1. The second kappa shape index (κ2) is 8.33. The van der Waals surface area contributed by atoms with Crippen LogP contribution in [0.1, 0.15) is 25.1 Å². The van der Waals surface area contributed by atoms with Crippen molar-refractivity contribution in [1.82, 2.24) is 9.78 Å². The Bertz CT molecular complexity index is 903. The molecule has 0 aliphatic rings. The van der Waals surface area contributed by atoms with Crippen molar-refractivity contribution < 1.29 is 19.4 Å². The quantitative estimate of drug-likeness (QED) is 0.626. The van der Waals surface area contributed by atoms with Crippen LogP contribution in [0.2, 0.25) is 0 Å². The maximum absolute atomic E-state index is 10.6. The van der Waals surface area contributed by atoms with E-state index in [0.717, 1.165) is 16.6 Å². The van der Waals surface area contributed by atoms with Gasteiger partial charge in [0.25, 0.3) is 0 Å². The molecule has 1 heterocycles. The number of aliphatic carboxylic acids is 1. The molecular formula is C21H24N2O4. The lowest BCUT2D eigenvalue weighted by Gasteiger charge is -2.24. The minimum absolute atomic E-state index is 0.196. The molecular weight excluding hydrogens is 344 g/mol. The molecule has 0 atom stereocenters. The summed E-state index contributed by atoms with van der Waals surface area (Å²) in [6.07, 6.45) is 0. The SMILES string of the molecule is CC(C)(COCC(=O)O)OCc1nn(Cc2ccccc2)c2ccccc12. The number of nitrogens with zero attached hydrogens (tertiary/aromatic N) is 2. The topological polar surface area (TPSA) is 73.6 Å². The average molecular weight is 368 g/mol. The normalized spacial score (nSPS) is 11.8. The fourth-order valence-corrected chi connectivity index (χ4v) is 2.87. The molecule has 6 nitrogen and oxygen atoms in total. The largest absolute Gasteiger partial charge is 0.480 e. The Morgan fingerprint density at radius 3 is 2.56 bits per heavy atom. The molecule has 6 heteroatoms. The molecule has 0 spiro atoms. The van der Waals surface area contributed by atoms with Gasteiger partial charge in [0, 0.05) is 5.39 Å². The van der Waals surface area contributed by atoms with Gasteiger partial charge in [-0.15, -0.1) is 0 Å². The summed E-state index contributed by atoms with van der Waals surface area (Å²) in [6.45, 7) is 4.62. The van der Waals surface area contributed by atoms with E-state index in [0.29, 0.717) is 13.2 Å². The van der Waals surface area contributed by atoms with Gasteiger partial charge >= 0.3 is 5.97 Å². The zero-order valence-corrected chi connectivity index (χ0v) is 15.6. The molecule has 0 saturated heterocycles.